The Bertz CT molecular complexity index is 589. The molecule has 0 unspecified atom stereocenters. The van der Waals surface area contributed by atoms with E-state index in [0.29, 0.717) is 5.92 Å². The molecule has 5 heteroatoms. The van der Waals surface area contributed by atoms with Gasteiger partial charge in [-0.05, 0) is 24.3 Å². The van der Waals surface area contributed by atoms with Crippen LogP contribution in [-0.2, 0) is 7.05 Å². The number of aromatic nitrogens is 2. The van der Waals surface area contributed by atoms with Crippen LogP contribution in [0, 0.1) is 0 Å². The van der Waals surface area contributed by atoms with Gasteiger partial charge in [0.1, 0.15) is 12.4 Å². The second-order valence-corrected chi connectivity index (χ2v) is 5.44. The van der Waals surface area contributed by atoms with E-state index in [-0.39, 0.29) is 30.0 Å². The molecule has 0 bridgehead atoms. The fourth-order valence-corrected chi connectivity index (χ4v) is 2.86. The topological polar surface area (TPSA) is 29.1 Å². The quantitative estimate of drug-likeness (QED) is 0.456. The number of rotatable bonds is 1. The zero-order valence-corrected chi connectivity index (χ0v) is 14.3. The van der Waals surface area contributed by atoms with E-state index in [1.165, 1.54) is 5.56 Å². The zero-order valence-electron chi connectivity index (χ0n) is 12.2. The molecule has 21 heavy (non-hydrogen) atoms. The highest BCUT2D eigenvalue weighted by atomic mass is 127. The van der Waals surface area contributed by atoms with Crippen molar-refractivity contribution in [1.29, 1.82) is 0 Å². The Balaban J connectivity index is 0.00000161. The van der Waals surface area contributed by atoms with E-state index >= 15 is 0 Å². The van der Waals surface area contributed by atoms with E-state index in [9.17, 15) is 4.79 Å². The van der Waals surface area contributed by atoms with Crippen molar-refractivity contribution >= 4 is 6.03 Å². The van der Waals surface area contributed by atoms with Gasteiger partial charge in [-0.3, -0.25) is 0 Å². The number of imidazole rings is 1. The van der Waals surface area contributed by atoms with Crippen LogP contribution in [0.3, 0.4) is 0 Å². The van der Waals surface area contributed by atoms with Gasteiger partial charge in [-0.15, -0.1) is 0 Å². The first-order valence-electron chi connectivity index (χ1n) is 7.11. The summed E-state index contributed by atoms with van der Waals surface area (Å²) in [6.45, 7) is 1.67. The third-order valence-electron chi connectivity index (χ3n) is 4.03. The molecule has 1 aromatic heterocycles. The number of amides is 1. The monoisotopic (exact) mass is 397 g/mol. The molecule has 0 atom stereocenters. The number of hydrogen-bond acceptors (Lipinski definition) is 1. The molecule has 1 saturated heterocycles. The lowest BCUT2D eigenvalue weighted by Crippen LogP contribution is -3.00. The van der Waals surface area contributed by atoms with E-state index in [1.54, 1.807) is 4.57 Å². The van der Waals surface area contributed by atoms with Gasteiger partial charge in [0.05, 0.1) is 7.05 Å². The molecule has 0 saturated carbocycles. The van der Waals surface area contributed by atoms with Crippen molar-refractivity contribution in [2.45, 2.75) is 18.8 Å². The average molecular weight is 397 g/mol. The molecule has 4 nitrogen and oxygen atoms in total. The van der Waals surface area contributed by atoms with Crippen LogP contribution in [-0.4, -0.2) is 28.6 Å². The van der Waals surface area contributed by atoms with Crippen LogP contribution in [0.15, 0.2) is 49.1 Å². The highest BCUT2D eigenvalue weighted by Gasteiger charge is 2.27. The minimum absolute atomic E-state index is 0. The standard InChI is InChI=1S/C16H20N3O.HI/c1-17-11-12-19(13-17)16(20)18-9-7-15(8-10-18)14-5-3-2-4-6-14;/h2-6,11-13,15H,7-10H2,1H3;1H/q+1;/p-1. The molecule has 0 N–H and O–H groups in total. The Morgan fingerprint density at radius 1 is 1.19 bits per heavy atom. The molecular formula is C16H20IN3O. The lowest BCUT2D eigenvalue weighted by atomic mass is 9.90. The summed E-state index contributed by atoms with van der Waals surface area (Å²) >= 11 is 0. The molecule has 2 aromatic rings. The Morgan fingerprint density at radius 3 is 2.43 bits per heavy atom. The van der Waals surface area contributed by atoms with E-state index in [2.05, 4.69) is 24.3 Å². The fourth-order valence-electron chi connectivity index (χ4n) is 2.86. The van der Waals surface area contributed by atoms with Crippen LogP contribution in [0.4, 0.5) is 4.79 Å². The van der Waals surface area contributed by atoms with Crippen LogP contribution in [0.25, 0.3) is 0 Å². The second kappa shape index (κ2) is 7.06. The summed E-state index contributed by atoms with van der Waals surface area (Å²) in [7, 11) is 1.92. The summed E-state index contributed by atoms with van der Waals surface area (Å²) in [6.07, 6.45) is 7.60. The average Bonchev–Trinajstić information content (AvgIpc) is 2.94. The minimum Gasteiger partial charge on any atom is -1.00 e. The van der Waals surface area contributed by atoms with Gasteiger partial charge in [-0.25, -0.2) is 9.36 Å². The first-order chi connectivity index (χ1) is 9.74. The summed E-state index contributed by atoms with van der Waals surface area (Å²) in [6, 6.07) is 10.7. The predicted octanol–water partition coefficient (Wildman–Crippen LogP) is -0.836. The van der Waals surface area contributed by atoms with Gasteiger partial charge >= 0.3 is 6.03 Å². The van der Waals surface area contributed by atoms with Gasteiger partial charge < -0.3 is 28.9 Å². The maximum absolute atomic E-state index is 12.3. The summed E-state index contributed by atoms with van der Waals surface area (Å²) in [5.74, 6) is 0.584. The number of carbonyl (C=O) groups excluding carboxylic acids is 1. The predicted molar refractivity (Wildman–Crippen MR) is 76.4 cm³/mol. The Hall–Kier alpha value is -1.37. The molecule has 2 heterocycles. The summed E-state index contributed by atoms with van der Waals surface area (Å²) in [5, 5.41) is 0. The number of hydrogen-bond donors (Lipinski definition) is 0. The van der Waals surface area contributed by atoms with Crippen molar-refractivity contribution in [2.24, 2.45) is 7.05 Å². The molecule has 0 radical (unpaired) electrons. The first-order valence-corrected chi connectivity index (χ1v) is 7.11. The van der Waals surface area contributed by atoms with Crippen molar-refractivity contribution in [3.8, 4) is 0 Å². The lowest BCUT2D eigenvalue weighted by Gasteiger charge is -2.30. The molecule has 1 aromatic carbocycles. The number of carbonyl (C=O) groups is 1. The highest BCUT2D eigenvalue weighted by molar-refractivity contribution is 5.76. The van der Waals surface area contributed by atoms with E-state index < -0.39 is 0 Å². The number of piperidine rings is 1. The third kappa shape index (κ3) is 3.64. The number of likely N-dealkylation sites (tertiary alicyclic amines) is 1. The molecule has 3 rings (SSSR count). The van der Waals surface area contributed by atoms with Crippen molar-refractivity contribution in [2.75, 3.05) is 13.1 Å². The molecule has 1 aliphatic heterocycles. The molecule has 112 valence electrons. The Morgan fingerprint density at radius 2 is 1.86 bits per heavy atom. The molecule has 1 amide bonds. The second-order valence-electron chi connectivity index (χ2n) is 5.44. The van der Waals surface area contributed by atoms with Crippen molar-refractivity contribution in [1.82, 2.24) is 9.47 Å². The Labute approximate surface area is 142 Å². The number of halogens is 1. The van der Waals surface area contributed by atoms with Gasteiger partial charge in [0.2, 0.25) is 0 Å². The van der Waals surface area contributed by atoms with Gasteiger partial charge in [0.15, 0.2) is 0 Å². The van der Waals surface area contributed by atoms with Crippen molar-refractivity contribution in [3.63, 3.8) is 0 Å². The van der Waals surface area contributed by atoms with Crippen LogP contribution in [0.5, 0.6) is 0 Å². The smallest absolute Gasteiger partial charge is 0.415 e. The normalized spacial score (nSPS) is 15.6. The van der Waals surface area contributed by atoms with E-state index in [4.69, 9.17) is 0 Å². The van der Waals surface area contributed by atoms with E-state index in [1.807, 2.05) is 41.3 Å². The van der Waals surface area contributed by atoms with Gasteiger partial charge in [0.25, 0.3) is 6.33 Å². The van der Waals surface area contributed by atoms with Crippen LogP contribution in [0.2, 0.25) is 0 Å². The third-order valence-corrected chi connectivity index (χ3v) is 4.03. The summed E-state index contributed by atoms with van der Waals surface area (Å²) in [5.41, 5.74) is 1.40. The zero-order chi connectivity index (χ0) is 13.9. The number of nitrogens with zero attached hydrogens (tertiary/aromatic N) is 3. The molecule has 0 aliphatic carbocycles. The first kappa shape index (κ1) is 16.0. The molecule has 1 fully saturated rings. The lowest BCUT2D eigenvalue weighted by molar-refractivity contribution is -0.670. The Kier molecular flexibility index (Phi) is 5.39. The molecule has 0 spiro atoms. The van der Waals surface area contributed by atoms with Crippen LogP contribution < -0.4 is 28.5 Å². The molecule has 1 aliphatic rings. The SMILES string of the molecule is C[n+]1ccn(C(=O)N2CCC(c3ccccc3)CC2)c1.[I-]. The number of benzene rings is 1. The van der Waals surface area contributed by atoms with Crippen molar-refractivity contribution < 1.29 is 33.3 Å². The maximum atomic E-state index is 12.3. The fraction of sp³-hybridized carbons (Fsp3) is 0.375. The minimum atomic E-state index is 0. The van der Waals surface area contributed by atoms with E-state index in [0.717, 1.165) is 25.9 Å². The van der Waals surface area contributed by atoms with Crippen LogP contribution in [0.1, 0.15) is 24.3 Å². The van der Waals surface area contributed by atoms with Gasteiger partial charge in [-0.2, -0.15) is 4.57 Å². The largest absolute Gasteiger partial charge is 1.00 e. The summed E-state index contributed by atoms with van der Waals surface area (Å²) < 4.78 is 3.54. The van der Waals surface area contributed by atoms with Crippen LogP contribution >= 0.6 is 0 Å². The summed E-state index contributed by atoms with van der Waals surface area (Å²) in [4.78, 5) is 14.3. The van der Waals surface area contributed by atoms with Gasteiger partial charge in [-0.1, -0.05) is 30.3 Å². The van der Waals surface area contributed by atoms with Gasteiger partial charge in [0, 0.05) is 13.1 Å². The highest BCUT2D eigenvalue weighted by Crippen LogP contribution is 2.27. The molecular weight excluding hydrogens is 377 g/mol. The maximum Gasteiger partial charge on any atom is 0.415 e. The number of aryl methyl sites for hydroxylation is 1. The van der Waals surface area contributed by atoms with Crippen molar-refractivity contribution in [3.05, 3.63) is 54.6 Å².